The van der Waals surface area contributed by atoms with Crippen molar-refractivity contribution in [3.8, 4) is 11.5 Å². The Morgan fingerprint density at radius 1 is 0.972 bits per heavy atom. The molecule has 2 aromatic carbocycles. The van der Waals surface area contributed by atoms with E-state index in [9.17, 15) is 9.59 Å². The first-order valence-corrected chi connectivity index (χ1v) is 12.3. The normalized spacial score (nSPS) is 11.5. The van der Waals surface area contributed by atoms with E-state index in [0.29, 0.717) is 23.0 Å². The van der Waals surface area contributed by atoms with E-state index in [4.69, 9.17) is 13.9 Å². The van der Waals surface area contributed by atoms with E-state index >= 15 is 0 Å². The highest BCUT2D eigenvalue weighted by Crippen LogP contribution is 2.32. The van der Waals surface area contributed by atoms with Crippen molar-refractivity contribution in [1.29, 1.82) is 0 Å². The van der Waals surface area contributed by atoms with Crippen molar-refractivity contribution in [2.45, 2.75) is 25.9 Å². The number of carbonyl (C=O) groups is 2. The van der Waals surface area contributed by atoms with Crippen LogP contribution in [0.25, 0.3) is 0 Å². The van der Waals surface area contributed by atoms with Crippen LogP contribution in [0.2, 0.25) is 0 Å². The number of nitrogens with zero attached hydrogens (tertiary/aromatic N) is 1. The second-order valence-electron chi connectivity index (χ2n) is 8.14. The van der Waals surface area contributed by atoms with Crippen LogP contribution >= 0.6 is 11.3 Å². The molecule has 0 aliphatic carbocycles. The van der Waals surface area contributed by atoms with Gasteiger partial charge in [-0.25, -0.2) is 0 Å². The minimum absolute atomic E-state index is 0.150. The Morgan fingerprint density at radius 3 is 2.39 bits per heavy atom. The van der Waals surface area contributed by atoms with E-state index in [-0.39, 0.29) is 24.8 Å². The summed E-state index contributed by atoms with van der Waals surface area (Å²) in [7, 11) is 3.17. The Kier molecular flexibility index (Phi) is 8.07. The molecule has 2 amide bonds. The number of thiophene rings is 1. The Morgan fingerprint density at radius 2 is 1.75 bits per heavy atom. The van der Waals surface area contributed by atoms with Gasteiger partial charge in [-0.2, -0.15) is 0 Å². The van der Waals surface area contributed by atoms with Gasteiger partial charge in [0, 0.05) is 23.2 Å². The Balaban J connectivity index is 1.69. The van der Waals surface area contributed by atoms with Crippen LogP contribution in [0.5, 0.6) is 11.5 Å². The maximum absolute atomic E-state index is 13.7. The molecule has 0 bridgehead atoms. The first-order chi connectivity index (χ1) is 17.5. The zero-order chi connectivity index (χ0) is 25.5. The van der Waals surface area contributed by atoms with Crippen molar-refractivity contribution in [2.24, 2.45) is 0 Å². The second kappa shape index (κ2) is 11.6. The van der Waals surface area contributed by atoms with Gasteiger partial charge >= 0.3 is 0 Å². The molecular formula is C28H28N2O5S. The summed E-state index contributed by atoms with van der Waals surface area (Å²) in [5, 5.41) is 4.90. The molecule has 0 aliphatic rings. The van der Waals surface area contributed by atoms with E-state index in [1.165, 1.54) is 16.2 Å². The van der Waals surface area contributed by atoms with Crippen molar-refractivity contribution in [2.75, 3.05) is 19.1 Å². The number of furan rings is 1. The van der Waals surface area contributed by atoms with Crippen LogP contribution in [0.4, 0.5) is 5.69 Å². The van der Waals surface area contributed by atoms with E-state index in [2.05, 4.69) is 5.32 Å². The Hall–Kier alpha value is -4.04. The Labute approximate surface area is 214 Å². The number of hydrogen-bond donors (Lipinski definition) is 1. The average molecular weight is 505 g/mol. The highest BCUT2D eigenvalue weighted by atomic mass is 32.1. The molecule has 4 rings (SSSR count). The molecule has 186 valence electrons. The number of benzene rings is 2. The predicted octanol–water partition coefficient (Wildman–Crippen LogP) is 5.30. The van der Waals surface area contributed by atoms with E-state index < -0.39 is 6.04 Å². The third-order valence-corrected chi connectivity index (χ3v) is 6.55. The summed E-state index contributed by atoms with van der Waals surface area (Å²) in [4.78, 5) is 29.8. The molecule has 4 aromatic rings. The van der Waals surface area contributed by atoms with Crippen molar-refractivity contribution in [3.05, 3.63) is 100 Å². The first kappa shape index (κ1) is 25.1. The van der Waals surface area contributed by atoms with E-state index in [1.54, 1.807) is 57.5 Å². The van der Waals surface area contributed by atoms with Gasteiger partial charge in [0.2, 0.25) is 5.91 Å². The van der Waals surface area contributed by atoms with Crippen LogP contribution in [0.3, 0.4) is 0 Å². The van der Waals surface area contributed by atoms with E-state index in [1.807, 2.05) is 41.8 Å². The molecule has 1 atom stereocenters. The number of aryl methyl sites for hydroxylation is 1. The predicted molar refractivity (Wildman–Crippen MR) is 140 cm³/mol. The molecule has 1 N–H and O–H groups in total. The number of rotatable bonds is 10. The van der Waals surface area contributed by atoms with Gasteiger partial charge in [-0.1, -0.05) is 24.3 Å². The van der Waals surface area contributed by atoms with Crippen molar-refractivity contribution < 1.29 is 23.5 Å². The van der Waals surface area contributed by atoms with Gasteiger partial charge in [0.05, 0.1) is 20.6 Å². The lowest BCUT2D eigenvalue weighted by atomic mass is 10.1. The molecule has 0 saturated heterocycles. The topological polar surface area (TPSA) is 81.0 Å². The molecule has 0 unspecified atom stereocenters. The molecule has 7 nitrogen and oxygen atoms in total. The SMILES string of the molecule is COc1ccc(CNC(=O)[C@H](c2ccc(C)o2)N(C(=O)Cc2cccs2)c2cccc(OC)c2)cc1. The summed E-state index contributed by atoms with van der Waals surface area (Å²) in [6, 6.07) is 20.9. The molecular weight excluding hydrogens is 476 g/mol. The van der Waals surface area contributed by atoms with Gasteiger partial charge in [-0.15, -0.1) is 11.3 Å². The molecule has 2 heterocycles. The number of methoxy groups -OCH3 is 2. The lowest BCUT2D eigenvalue weighted by molar-refractivity contribution is -0.127. The number of hydrogen-bond acceptors (Lipinski definition) is 6. The average Bonchev–Trinajstić information content (AvgIpc) is 3.57. The van der Waals surface area contributed by atoms with Gasteiger partial charge in [0.25, 0.3) is 5.91 Å². The number of carbonyl (C=O) groups excluding carboxylic acids is 2. The van der Waals surface area contributed by atoms with Crippen LogP contribution in [0.15, 0.2) is 82.6 Å². The quantitative estimate of drug-likeness (QED) is 0.317. The number of ether oxygens (including phenoxy) is 2. The van der Waals surface area contributed by atoms with Crippen LogP contribution in [0, 0.1) is 6.92 Å². The standard InChI is InChI=1S/C28H28N2O5S/c1-19-9-14-25(35-19)27(28(32)29-18-20-10-12-22(33-2)13-11-20)30(21-6-4-7-23(16-21)34-3)26(31)17-24-8-5-15-36-24/h4-16,27H,17-18H2,1-3H3,(H,29,32)/t27-/m0/s1. The fourth-order valence-electron chi connectivity index (χ4n) is 3.85. The van der Waals surface area contributed by atoms with Crippen molar-refractivity contribution in [3.63, 3.8) is 0 Å². The molecule has 36 heavy (non-hydrogen) atoms. The van der Waals surface area contributed by atoms with Crippen LogP contribution < -0.4 is 19.7 Å². The summed E-state index contributed by atoms with van der Waals surface area (Å²) in [6.45, 7) is 2.09. The van der Waals surface area contributed by atoms with Crippen molar-refractivity contribution >= 4 is 28.8 Å². The summed E-state index contributed by atoms with van der Waals surface area (Å²) in [5.41, 5.74) is 1.44. The molecule has 2 aromatic heterocycles. The second-order valence-corrected chi connectivity index (χ2v) is 9.17. The highest BCUT2D eigenvalue weighted by Gasteiger charge is 2.35. The van der Waals surface area contributed by atoms with Gasteiger partial charge in [0.15, 0.2) is 6.04 Å². The molecule has 0 saturated carbocycles. The summed E-state index contributed by atoms with van der Waals surface area (Å²) >= 11 is 1.50. The largest absolute Gasteiger partial charge is 0.497 e. The van der Waals surface area contributed by atoms with Gasteiger partial charge < -0.3 is 19.2 Å². The minimum atomic E-state index is -1.02. The third-order valence-electron chi connectivity index (χ3n) is 5.67. The van der Waals surface area contributed by atoms with Crippen LogP contribution in [-0.2, 0) is 22.6 Å². The highest BCUT2D eigenvalue weighted by molar-refractivity contribution is 7.10. The lowest BCUT2D eigenvalue weighted by Crippen LogP contribution is -2.44. The summed E-state index contributed by atoms with van der Waals surface area (Å²) < 4.78 is 16.5. The molecule has 0 radical (unpaired) electrons. The summed E-state index contributed by atoms with van der Waals surface area (Å²) in [6.07, 6.45) is 0.150. The van der Waals surface area contributed by atoms with Gasteiger partial charge in [-0.3, -0.25) is 14.5 Å². The fraction of sp³-hybridized carbons (Fsp3) is 0.214. The number of anilines is 1. The minimum Gasteiger partial charge on any atom is -0.497 e. The van der Waals surface area contributed by atoms with Gasteiger partial charge in [-0.05, 0) is 60.3 Å². The van der Waals surface area contributed by atoms with Crippen LogP contribution in [0.1, 0.15) is 28.0 Å². The van der Waals surface area contributed by atoms with Crippen molar-refractivity contribution in [1.82, 2.24) is 5.32 Å². The third kappa shape index (κ3) is 5.95. The zero-order valence-corrected chi connectivity index (χ0v) is 21.2. The smallest absolute Gasteiger partial charge is 0.251 e. The fourth-order valence-corrected chi connectivity index (χ4v) is 4.54. The zero-order valence-electron chi connectivity index (χ0n) is 20.4. The monoisotopic (exact) mass is 504 g/mol. The molecule has 8 heteroatoms. The Bertz CT molecular complexity index is 1300. The van der Waals surface area contributed by atoms with Crippen LogP contribution in [-0.4, -0.2) is 26.0 Å². The van der Waals surface area contributed by atoms with E-state index in [0.717, 1.165) is 16.2 Å². The number of nitrogens with one attached hydrogen (secondary N) is 1. The molecule has 0 spiro atoms. The van der Waals surface area contributed by atoms with Gasteiger partial charge in [0.1, 0.15) is 23.0 Å². The lowest BCUT2D eigenvalue weighted by Gasteiger charge is -2.30. The number of amides is 2. The maximum Gasteiger partial charge on any atom is 0.251 e. The first-order valence-electron chi connectivity index (χ1n) is 11.4. The maximum atomic E-state index is 13.7. The molecule has 0 fully saturated rings. The molecule has 0 aliphatic heterocycles. The summed E-state index contributed by atoms with van der Waals surface area (Å²) in [5.74, 6) is 1.75.